The average Bonchev–Trinajstić information content (AvgIpc) is 1.89. The van der Waals surface area contributed by atoms with Gasteiger partial charge in [-0.2, -0.15) is 0 Å². The first-order valence-electron chi connectivity index (χ1n) is 2.56. The van der Waals surface area contributed by atoms with E-state index in [9.17, 15) is 0 Å². The van der Waals surface area contributed by atoms with Gasteiger partial charge in [-0.1, -0.05) is 12.7 Å². The topological polar surface area (TPSA) is 12.9 Å². The Bertz CT molecular complexity index is 220. The minimum Gasteiger partial charge on any atom is -0.264 e. The van der Waals surface area contributed by atoms with Crippen LogP contribution in [-0.4, -0.2) is 4.98 Å². The Kier molecular flexibility index (Phi) is 2.01. The summed E-state index contributed by atoms with van der Waals surface area (Å²) in [5.41, 5.74) is 1.07. The van der Waals surface area contributed by atoms with E-state index in [1.165, 1.54) is 0 Å². The highest BCUT2D eigenvalue weighted by molar-refractivity contribution is 9.10. The number of hydrogen-bond donors (Lipinski definition) is 0. The molecule has 0 aliphatic carbocycles. The van der Waals surface area contributed by atoms with Gasteiger partial charge in [0.05, 0.1) is 0 Å². The lowest BCUT2D eigenvalue weighted by Gasteiger charge is -1.92. The molecule has 2 heteroatoms. The predicted octanol–water partition coefficient (Wildman–Crippen LogP) is 2.49. The van der Waals surface area contributed by atoms with E-state index >= 15 is 0 Å². The molecule has 0 fully saturated rings. The van der Waals surface area contributed by atoms with Gasteiger partial charge < -0.3 is 0 Å². The summed E-state index contributed by atoms with van der Waals surface area (Å²) in [6.45, 7) is 3.63. The summed E-state index contributed by atoms with van der Waals surface area (Å²) in [4.78, 5) is 3.90. The summed E-state index contributed by atoms with van der Waals surface area (Å²) in [6, 6.07) is 1.90. The first-order valence-corrected chi connectivity index (χ1v) is 3.36. The summed E-state index contributed by atoms with van der Waals surface area (Å²) in [7, 11) is 0. The van der Waals surface area contributed by atoms with Gasteiger partial charge in [-0.25, -0.2) is 0 Å². The van der Waals surface area contributed by atoms with Crippen molar-refractivity contribution in [1.82, 2.24) is 4.98 Å². The Morgan fingerprint density at radius 3 is 2.89 bits per heavy atom. The van der Waals surface area contributed by atoms with E-state index in [1.54, 1.807) is 18.5 Å². The first kappa shape index (κ1) is 6.49. The molecule has 0 atom stereocenters. The zero-order valence-corrected chi connectivity index (χ0v) is 6.43. The minimum absolute atomic E-state index is 0.986. The van der Waals surface area contributed by atoms with Crippen molar-refractivity contribution >= 4 is 22.0 Å². The molecule has 1 aromatic rings. The Hall–Kier alpha value is -0.630. The van der Waals surface area contributed by atoms with Crippen LogP contribution in [0, 0.1) is 0 Å². The third kappa shape index (κ3) is 1.39. The van der Waals surface area contributed by atoms with Gasteiger partial charge in [-0.3, -0.25) is 4.98 Å². The molecule has 1 aromatic heterocycles. The maximum absolute atomic E-state index is 3.90. The molecule has 0 aromatic carbocycles. The SMILES string of the molecule is C=Cc1ccncc1Br. The summed E-state index contributed by atoms with van der Waals surface area (Å²) in [5.74, 6) is 0. The molecular formula is C7H6BrN. The Balaban J connectivity index is 3.15. The molecule has 1 nitrogen and oxygen atoms in total. The second-order valence-electron chi connectivity index (χ2n) is 1.60. The van der Waals surface area contributed by atoms with Gasteiger partial charge in [0.2, 0.25) is 0 Å². The van der Waals surface area contributed by atoms with Crippen LogP contribution in [0.25, 0.3) is 6.08 Å². The van der Waals surface area contributed by atoms with Crippen molar-refractivity contribution in [3.8, 4) is 0 Å². The van der Waals surface area contributed by atoms with Gasteiger partial charge in [0.25, 0.3) is 0 Å². The standard InChI is InChI=1S/C7H6BrN/c1-2-6-3-4-9-5-7(6)8/h2-5H,1H2. The summed E-state index contributed by atoms with van der Waals surface area (Å²) < 4.78 is 0.986. The summed E-state index contributed by atoms with van der Waals surface area (Å²) in [6.07, 6.45) is 5.27. The van der Waals surface area contributed by atoms with Gasteiger partial charge in [-0.15, -0.1) is 0 Å². The van der Waals surface area contributed by atoms with Gasteiger partial charge in [0, 0.05) is 16.9 Å². The monoisotopic (exact) mass is 183 g/mol. The fourth-order valence-electron chi connectivity index (χ4n) is 0.551. The summed E-state index contributed by atoms with van der Waals surface area (Å²) >= 11 is 3.32. The van der Waals surface area contributed by atoms with Crippen LogP contribution in [0.5, 0.6) is 0 Å². The van der Waals surface area contributed by atoms with E-state index in [1.807, 2.05) is 6.07 Å². The van der Waals surface area contributed by atoms with E-state index in [4.69, 9.17) is 0 Å². The lowest BCUT2D eigenvalue weighted by molar-refractivity contribution is 1.30. The highest BCUT2D eigenvalue weighted by Gasteiger charge is 1.89. The average molecular weight is 184 g/mol. The molecule has 46 valence electrons. The van der Waals surface area contributed by atoms with Crippen LogP contribution in [0.15, 0.2) is 29.5 Å². The van der Waals surface area contributed by atoms with Crippen molar-refractivity contribution < 1.29 is 0 Å². The molecule has 0 amide bonds. The molecule has 0 aliphatic heterocycles. The molecule has 0 aliphatic rings. The molecule has 9 heavy (non-hydrogen) atoms. The van der Waals surface area contributed by atoms with Crippen LogP contribution in [-0.2, 0) is 0 Å². The van der Waals surface area contributed by atoms with Crippen LogP contribution in [0.2, 0.25) is 0 Å². The lowest BCUT2D eigenvalue weighted by atomic mass is 10.3. The zero-order valence-electron chi connectivity index (χ0n) is 4.84. The molecular weight excluding hydrogens is 178 g/mol. The largest absolute Gasteiger partial charge is 0.264 e. The van der Waals surface area contributed by atoms with Crippen LogP contribution in [0.3, 0.4) is 0 Å². The molecule has 0 saturated carbocycles. The maximum atomic E-state index is 3.90. The number of halogens is 1. The Morgan fingerprint density at radius 1 is 1.67 bits per heavy atom. The second-order valence-corrected chi connectivity index (χ2v) is 2.46. The van der Waals surface area contributed by atoms with Crippen LogP contribution < -0.4 is 0 Å². The van der Waals surface area contributed by atoms with Crippen molar-refractivity contribution in [2.45, 2.75) is 0 Å². The van der Waals surface area contributed by atoms with Crippen molar-refractivity contribution in [3.05, 3.63) is 35.1 Å². The van der Waals surface area contributed by atoms with E-state index in [2.05, 4.69) is 27.5 Å². The van der Waals surface area contributed by atoms with E-state index < -0.39 is 0 Å². The number of pyridine rings is 1. The molecule has 0 radical (unpaired) electrons. The second kappa shape index (κ2) is 2.78. The fraction of sp³-hybridized carbons (Fsp3) is 0. The van der Waals surface area contributed by atoms with Crippen molar-refractivity contribution in [2.24, 2.45) is 0 Å². The van der Waals surface area contributed by atoms with Crippen LogP contribution in [0.4, 0.5) is 0 Å². The van der Waals surface area contributed by atoms with Crippen LogP contribution in [0.1, 0.15) is 5.56 Å². The number of aromatic nitrogens is 1. The quantitative estimate of drug-likeness (QED) is 0.653. The first-order chi connectivity index (χ1) is 4.34. The van der Waals surface area contributed by atoms with Crippen LogP contribution >= 0.6 is 15.9 Å². The van der Waals surface area contributed by atoms with Gasteiger partial charge >= 0.3 is 0 Å². The van der Waals surface area contributed by atoms with Gasteiger partial charge in [-0.05, 0) is 27.6 Å². The maximum Gasteiger partial charge on any atom is 0.0430 e. The lowest BCUT2D eigenvalue weighted by Crippen LogP contribution is -1.74. The normalized spacial score (nSPS) is 9.00. The van der Waals surface area contributed by atoms with Gasteiger partial charge in [0.15, 0.2) is 0 Å². The highest BCUT2D eigenvalue weighted by Crippen LogP contribution is 2.14. The third-order valence-corrected chi connectivity index (χ3v) is 1.69. The van der Waals surface area contributed by atoms with E-state index in [0.29, 0.717) is 0 Å². The van der Waals surface area contributed by atoms with Crippen molar-refractivity contribution in [1.29, 1.82) is 0 Å². The van der Waals surface area contributed by atoms with Crippen molar-refractivity contribution in [2.75, 3.05) is 0 Å². The number of rotatable bonds is 1. The summed E-state index contributed by atoms with van der Waals surface area (Å²) in [5, 5.41) is 0. The zero-order chi connectivity index (χ0) is 6.69. The number of hydrogen-bond acceptors (Lipinski definition) is 1. The third-order valence-electron chi connectivity index (χ3n) is 1.02. The fourth-order valence-corrected chi connectivity index (χ4v) is 0.964. The predicted molar refractivity (Wildman–Crippen MR) is 42.0 cm³/mol. The molecule has 1 rings (SSSR count). The molecule has 0 spiro atoms. The number of nitrogens with zero attached hydrogens (tertiary/aromatic N) is 1. The minimum atomic E-state index is 0.986. The molecule has 0 saturated heterocycles. The molecule has 0 bridgehead atoms. The Morgan fingerprint density at radius 2 is 2.44 bits per heavy atom. The molecule has 0 N–H and O–H groups in total. The Labute approximate surface area is 62.6 Å². The smallest absolute Gasteiger partial charge is 0.0430 e. The van der Waals surface area contributed by atoms with Crippen molar-refractivity contribution in [3.63, 3.8) is 0 Å². The highest BCUT2D eigenvalue weighted by atomic mass is 79.9. The van der Waals surface area contributed by atoms with E-state index in [-0.39, 0.29) is 0 Å². The molecule has 1 heterocycles. The van der Waals surface area contributed by atoms with Gasteiger partial charge in [0.1, 0.15) is 0 Å². The van der Waals surface area contributed by atoms with E-state index in [0.717, 1.165) is 10.0 Å². The molecule has 0 unspecified atom stereocenters.